The molecule has 0 atom stereocenters. The Hall–Kier alpha value is -2.46. The molecule has 24 heavy (non-hydrogen) atoms. The maximum Gasteiger partial charge on any atom is 0.150 e. The van der Waals surface area contributed by atoms with Crippen LogP contribution in [0.2, 0.25) is 0 Å². The van der Waals surface area contributed by atoms with E-state index in [0.29, 0.717) is 5.92 Å². The number of hydrogen-bond donors (Lipinski definition) is 1. The van der Waals surface area contributed by atoms with E-state index in [1.54, 1.807) is 0 Å². The summed E-state index contributed by atoms with van der Waals surface area (Å²) in [6.45, 7) is 3.10. The van der Waals surface area contributed by atoms with Crippen molar-refractivity contribution in [2.24, 2.45) is 0 Å². The van der Waals surface area contributed by atoms with Gasteiger partial charge in [-0.2, -0.15) is 0 Å². The van der Waals surface area contributed by atoms with Gasteiger partial charge in [-0.1, -0.05) is 18.2 Å². The number of nitrogens with zero attached hydrogens (tertiary/aromatic N) is 2. The highest BCUT2D eigenvalue weighted by Crippen LogP contribution is 2.32. The summed E-state index contributed by atoms with van der Waals surface area (Å²) in [4.78, 5) is 21.0. The maximum absolute atomic E-state index is 10.9. The standard InChI is InChI=1S/C20H21N3O/c24-14-16-3-1-2-15(12-16)13-23-10-6-17(7-11-23)18-4-8-21-20-19(18)5-9-22-20/h1-5,8-9,12,14,17H,6-7,10-11,13H2,(H,21,22). The summed E-state index contributed by atoms with van der Waals surface area (Å²) in [7, 11) is 0. The molecule has 0 saturated carbocycles. The van der Waals surface area contributed by atoms with Crippen LogP contribution in [0.4, 0.5) is 0 Å². The molecule has 3 heterocycles. The number of aromatic nitrogens is 2. The molecule has 0 aliphatic carbocycles. The number of aromatic amines is 1. The second kappa shape index (κ2) is 6.57. The SMILES string of the molecule is O=Cc1cccc(CN2CCC(c3ccnc4[nH]ccc34)CC2)c1. The largest absolute Gasteiger partial charge is 0.346 e. The summed E-state index contributed by atoms with van der Waals surface area (Å²) in [6, 6.07) is 12.2. The number of piperidine rings is 1. The lowest BCUT2D eigenvalue weighted by atomic mass is 9.88. The molecule has 0 amide bonds. The minimum atomic E-state index is 0.601. The highest BCUT2D eigenvalue weighted by Gasteiger charge is 2.22. The lowest BCUT2D eigenvalue weighted by Gasteiger charge is -2.32. The van der Waals surface area contributed by atoms with Gasteiger partial charge in [0.15, 0.2) is 0 Å². The quantitative estimate of drug-likeness (QED) is 0.745. The van der Waals surface area contributed by atoms with E-state index >= 15 is 0 Å². The zero-order valence-corrected chi connectivity index (χ0v) is 13.6. The van der Waals surface area contributed by atoms with E-state index in [-0.39, 0.29) is 0 Å². The predicted octanol–water partition coefficient (Wildman–Crippen LogP) is 3.76. The van der Waals surface area contributed by atoms with Crippen LogP contribution >= 0.6 is 0 Å². The summed E-state index contributed by atoms with van der Waals surface area (Å²) in [5, 5.41) is 1.26. The van der Waals surface area contributed by atoms with E-state index in [1.807, 2.05) is 30.6 Å². The first-order chi connectivity index (χ1) is 11.8. The number of aldehydes is 1. The highest BCUT2D eigenvalue weighted by molar-refractivity contribution is 5.79. The van der Waals surface area contributed by atoms with Gasteiger partial charge in [0, 0.05) is 29.9 Å². The second-order valence-electron chi connectivity index (χ2n) is 6.55. The monoisotopic (exact) mass is 319 g/mol. The van der Waals surface area contributed by atoms with Crippen LogP contribution in [0.1, 0.15) is 40.2 Å². The van der Waals surface area contributed by atoms with Crippen molar-refractivity contribution < 1.29 is 4.79 Å². The van der Waals surface area contributed by atoms with E-state index < -0.39 is 0 Å². The average Bonchev–Trinajstić information content (AvgIpc) is 3.11. The van der Waals surface area contributed by atoms with Crippen molar-refractivity contribution in [1.29, 1.82) is 0 Å². The Bertz CT molecular complexity index is 847. The molecule has 122 valence electrons. The predicted molar refractivity (Wildman–Crippen MR) is 95.2 cm³/mol. The van der Waals surface area contributed by atoms with Crippen LogP contribution in [0.5, 0.6) is 0 Å². The molecule has 0 spiro atoms. The van der Waals surface area contributed by atoms with Crippen molar-refractivity contribution in [2.75, 3.05) is 13.1 Å². The highest BCUT2D eigenvalue weighted by atomic mass is 16.1. The van der Waals surface area contributed by atoms with Crippen molar-refractivity contribution in [1.82, 2.24) is 14.9 Å². The Morgan fingerprint density at radius 2 is 2.08 bits per heavy atom. The summed E-state index contributed by atoms with van der Waals surface area (Å²) in [6.07, 6.45) is 7.12. The zero-order valence-electron chi connectivity index (χ0n) is 13.6. The Kier molecular flexibility index (Phi) is 4.13. The molecule has 2 aromatic heterocycles. The molecule has 1 aliphatic rings. The number of fused-ring (bicyclic) bond motifs is 1. The molecule has 0 bridgehead atoms. The molecular formula is C20H21N3O. The second-order valence-corrected chi connectivity index (χ2v) is 6.55. The van der Waals surface area contributed by atoms with Crippen LogP contribution in [-0.4, -0.2) is 34.2 Å². The smallest absolute Gasteiger partial charge is 0.150 e. The number of H-pyrrole nitrogens is 1. The van der Waals surface area contributed by atoms with Crippen LogP contribution in [0.25, 0.3) is 11.0 Å². The fraction of sp³-hybridized carbons (Fsp3) is 0.300. The molecule has 1 saturated heterocycles. The van der Waals surface area contributed by atoms with E-state index in [9.17, 15) is 4.79 Å². The molecule has 4 rings (SSSR count). The fourth-order valence-electron chi connectivity index (χ4n) is 3.76. The van der Waals surface area contributed by atoms with Gasteiger partial charge in [0.1, 0.15) is 11.9 Å². The fourth-order valence-corrected chi connectivity index (χ4v) is 3.76. The van der Waals surface area contributed by atoms with Crippen molar-refractivity contribution in [2.45, 2.75) is 25.3 Å². The van der Waals surface area contributed by atoms with Gasteiger partial charge in [0.25, 0.3) is 0 Å². The van der Waals surface area contributed by atoms with Gasteiger partial charge in [0.2, 0.25) is 0 Å². The number of likely N-dealkylation sites (tertiary alicyclic amines) is 1. The van der Waals surface area contributed by atoms with Crippen molar-refractivity contribution in [3.63, 3.8) is 0 Å². The molecule has 3 aromatic rings. The zero-order chi connectivity index (χ0) is 16.4. The normalized spacial score (nSPS) is 16.5. The van der Waals surface area contributed by atoms with Crippen LogP contribution < -0.4 is 0 Å². The van der Waals surface area contributed by atoms with E-state index in [0.717, 1.165) is 50.0 Å². The average molecular weight is 319 g/mol. The van der Waals surface area contributed by atoms with Gasteiger partial charge in [-0.25, -0.2) is 4.98 Å². The summed E-state index contributed by atoms with van der Waals surface area (Å²) >= 11 is 0. The van der Waals surface area contributed by atoms with Crippen molar-refractivity contribution in [3.05, 3.63) is 65.5 Å². The Morgan fingerprint density at radius 3 is 2.92 bits per heavy atom. The molecule has 0 unspecified atom stereocenters. The third-order valence-corrected chi connectivity index (χ3v) is 5.01. The van der Waals surface area contributed by atoms with Gasteiger partial charge in [0.05, 0.1) is 0 Å². The van der Waals surface area contributed by atoms with Crippen molar-refractivity contribution in [3.8, 4) is 0 Å². The number of carbonyl (C=O) groups is 1. The van der Waals surface area contributed by atoms with Crippen LogP contribution in [0.15, 0.2) is 48.8 Å². The number of nitrogens with one attached hydrogen (secondary N) is 1. The lowest BCUT2D eigenvalue weighted by molar-refractivity contribution is 0.112. The third kappa shape index (κ3) is 2.97. The van der Waals surface area contributed by atoms with Crippen LogP contribution in [0.3, 0.4) is 0 Å². The number of carbonyl (C=O) groups excluding carboxylic acids is 1. The Labute approximate surface area is 141 Å². The molecule has 1 aliphatic heterocycles. The maximum atomic E-state index is 10.9. The number of hydrogen-bond acceptors (Lipinski definition) is 3. The molecule has 0 radical (unpaired) electrons. The third-order valence-electron chi connectivity index (χ3n) is 5.01. The van der Waals surface area contributed by atoms with E-state index in [2.05, 4.69) is 33.1 Å². The number of pyridine rings is 1. The van der Waals surface area contributed by atoms with Gasteiger partial charge in [-0.05, 0) is 61.2 Å². The lowest BCUT2D eigenvalue weighted by Crippen LogP contribution is -2.32. The Morgan fingerprint density at radius 1 is 1.21 bits per heavy atom. The first-order valence-corrected chi connectivity index (χ1v) is 8.52. The summed E-state index contributed by atoms with van der Waals surface area (Å²) < 4.78 is 0. The Balaban J connectivity index is 1.43. The molecule has 1 aromatic carbocycles. The minimum absolute atomic E-state index is 0.601. The minimum Gasteiger partial charge on any atom is -0.346 e. The van der Waals surface area contributed by atoms with E-state index in [4.69, 9.17) is 0 Å². The molecule has 4 heteroatoms. The molecule has 1 N–H and O–H groups in total. The van der Waals surface area contributed by atoms with Crippen molar-refractivity contribution >= 4 is 17.3 Å². The summed E-state index contributed by atoms with van der Waals surface area (Å²) in [5.41, 5.74) is 4.38. The first-order valence-electron chi connectivity index (χ1n) is 8.52. The molecule has 4 nitrogen and oxygen atoms in total. The van der Waals surface area contributed by atoms with Gasteiger partial charge < -0.3 is 4.98 Å². The number of benzene rings is 1. The van der Waals surface area contributed by atoms with Gasteiger partial charge >= 0.3 is 0 Å². The topological polar surface area (TPSA) is 49.0 Å². The number of rotatable bonds is 4. The molecular weight excluding hydrogens is 298 g/mol. The van der Waals surface area contributed by atoms with Crippen LogP contribution in [-0.2, 0) is 6.54 Å². The summed E-state index contributed by atoms with van der Waals surface area (Å²) in [5.74, 6) is 0.601. The van der Waals surface area contributed by atoms with Crippen LogP contribution in [0, 0.1) is 0 Å². The van der Waals surface area contributed by atoms with Gasteiger partial charge in [-0.3, -0.25) is 9.69 Å². The molecule has 1 fully saturated rings. The van der Waals surface area contributed by atoms with E-state index in [1.165, 1.54) is 16.5 Å². The van der Waals surface area contributed by atoms with Gasteiger partial charge in [-0.15, -0.1) is 0 Å². The first kappa shape index (κ1) is 15.1.